The predicted octanol–water partition coefficient (Wildman–Crippen LogP) is 1.37. The highest BCUT2D eigenvalue weighted by atomic mass is 127. The number of halogens is 1. The lowest BCUT2D eigenvalue weighted by Crippen LogP contribution is -2.09. The quantitative estimate of drug-likeness (QED) is 0.471. The Labute approximate surface area is 67.2 Å². The third kappa shape index (κ3) is 1.28. The first-order chi connectivity index (χ1) is 3.84. The maximum atomic E-state index is 4.07. The molecule has 1 heterocycles. The predicted molar refractivity (Wildman–Crippen MR) is 46.5 cm³/mol. The van der Waals surface area contributed by atoms with Crippen molar-refractivity contribution in [2.75, 3.05) is 19.3 Å². The van der Waals surface area contributed by atoms with Crippen molar-refractivity contribution in [3.05, 3.63) is 0 Å². The second kappa shape index (κ2) is 2.91. The zero-order chi connectivity index (χ0) is 5.98. The molecule has 1 aliphatic heterocycles. The van der Waals surface area contributed by atoms with Crippen molar-refractivity contribution < 1.29 is 0 Å². The minimum Gasteiger partial charge on any atom is -0.293 e. The van der Waals surface area contributed by atoms with E-state index in [1.807, 2.05) is 18.8 Å². The van der Waals surface area contributed by atoms with Crippen LogP contribution in [0.25, 0.3) is 0 Å². The smallest absolute Gasteiger partial charge is 0.167 e. The van der Waals surface area contributed by atoms with Gasteiger partial charge in [0.2, 0.25) is 0 Å². The van der Waals surface area contributed by atoms with E-state index >= 15 is 0 Å². The maximum Gasteiger partial charge on any atom is 0.167 e. The average molecular weight is 242 g/mol. The average Bonchev–Trinajstić information content (AvgIpc) is 2.14. The van der Waals surface area contributed by atoms with Crippen molar-refractivity contribution in [2.24, 2.45) is 4.99 Å². The highest BCUT2D eigenvalue weighted by Gasteiger charge is 2.14. The van der Waals surface area contributed by atoms with Crippen LogP contribution in [0.2, 0.25) is 0 Å². The molecule has 0 aromatic rings. The Bertz CT molecular complexity index is 115. The molecule has 1 aliphatic rings. The monoisotopic (exact) mass is 242 g/mol. The molecule has 0 unspecified atom stereocenters. The van der Waals surface area contributed by atoms with Crippen LogP contribution in [0.4, 0.5) is 0 Å². The van der Waals surface area contributed by atoms with Crippen LogP contribution < -0.4 is 0 Å². The molecule has 1 saturated heterocycles. The number of thioether (sulfide) groups is 1. The molecule has 8 heavy (non-hydrogen) atoms. The summed E-state index contributed by atoms with van der Waals surface area (Å²) in [7, 11) is 1.83. The minimum atomic E-state index is 1.14. The Morgan fingerprint density at radius 2 is 2.62 bits per heavy atom. The fraction of sp³-hybridized carbons (Fsp3) is 0.750. The number of nitrogens with zero attached hydrogens (tertiary/aromatic N) is 2. The first kappa shape index (κ1) is 6.67. The van der Waals surface area contributed by atoms with E-state index in [9.17, 15) is 0 Å². The molecule has 0 amide bonds. The van der Waals surface area contributed by atoms with Crippen LogP contribution >= 0.6 is 34.6 Å². The van der Waals surface area contributed by atoms with Crippen molar-refractivity contribution in [2.45, 2.75) is 0 Å². The van der Waals surface area contributed by atoms with E-state index in [0.717, 1.165) is 11.7 Å². The van der Waals surface area contributed by atoms with Crippen LogP contribution in [0, 0.1) is 0 Å². The SMILES string of the molecule is C/N=C1\SCCN1I. The van der Waals surface area contributed by atoms with Crippen molar-refractivity contribution in [1.29, 1.82) is 0 Å². The van der Waals surface area contributed by atoms with Crippen molar-refractivity contribution in [3.63, 3.8) is 0 Å². The summed E-state index contributed by atoms with van der Waals surface area (Å²) >= 11 is 4.09. The van der Waals surface area contributed by atoms with Gasteiger partial charge < -0.3 is 0 Å². The Morgan fingerprint density at radius 3 is 2.88 bits per heavy atom. The molecule has 0 spiro atoms. The zero-order valence-electron chi connectivity index (χ0n) is 4.59. The molecule has 2 nitrogen and oxygen atoms in total. The summed E-state index contributed by atoms with van der Waals surface area (Å²) < 4.78 is 2.14. The van der Waals surface area contributed by atoms with Gasteiger partial charge in [0.25, 0.3) is 0 Å². The molecule has 0 saturated carbocycles. The van der Waals surface area contributed by atoms with Gasteiger partial charge in [0, 0.05) is 19.3 Å². The van der Waals surface area contributed by atoms with Gasteiger partial charge in [-0.15, -0.1) is 0 Å². The largest absolute Gasteiger partial charge is 0.293 e. The highest BCUT2D eigenvalue weighted by molar-refractivity contribution is 14.1. The molecule has 0 N–H and O–H groups in total. The number of amidine groups is 1. The molecule has 0 aromatic heterocycles. The van der Waals surface area contributed by atoms with E-state index < -0.39 is 0 Å². The number of hydrogen-bond acceptors (Lipinski definition) is 2. The van der Waals surface area contributed by atoms with Crippen LogP contribution in [0.3, 0.4) is 0 Å². The third-order valence-electron chi connectivity index (χ3n) is 0.918. The van der Waals surface area contributed by atoms with Crippen LogP contribution in [0.15, 0.2) is 4.99 Å². The third-order valence-corrected chi connectivity index (χ3v) is 3.23. The van der Waals surface area contributed by atoms with E-state index in [2.05, 4.69) is 31.0 Å². The number of aliphatic imine (C=N–C) groups is 1. The van der Waals surface area contributed by atoms with Gasteiger partial charge in [0.1, 0.15) is 0 Å². The lowest BCUT2D eigenvalue weighted by molar-refractivity contribution is 0.802. The van der Waals surface area contributed by atoms with Gasteiger partial charge in [-0.05, 0) is 0 Å². The Kier molecular flexibility index (Phi) is 2.43. The summed E-state index contributed by atoms with van der Waals surface area (Å²) in [6, 6.07) is 0. The summed E-state index contributed by atoms with van der Waals surface area (Å²) in [5.74, 6) is 1.19. The fourth-order valence-electron chi connectivity index (χ4n) is 0.556. The first-order valence-corrected chi connectivity index (χ1v) is 4.32. The molecule has 46 valence electrons. The van der Waals surface area contributed by atoms with Crippen molar-refractivity contribution in [1.82, 2.24) is 3.11 Å². The topological polar surface area (TPSA) is 15.6 Å². The Hall–Kier alpha value is 0.550. The lowest BCUT2D eigenvalue weighted by atomic mass is 10.8. The summed E-state index contributed by atoms with van der Waals surface area (Å²) in [6.45, 7) is 1.14. The van der Waals surface area contributed by atoms with Crippen molar-refractivity contribution in [3.8, 4) is 0 Å². The zero-order valence-corrected chi connectivity index (χ0v) is 7.57. The van der Waals surface area contributed by atoms with Crippen LogP contribution in [-0.4, -0.2) is 27.6 Å². The van der Waals surface area contributed by atoms with E-state index in [4.69, 9.17) is 0 Å². The minimum absolute atomic E-state index is 1.14. The molecule has 0 atom stereocenters. The van der Waals surface area contributed by atoms with Crippen LogP contribution in [0.5, 0.6) is 0 Å². The maximum absolute atomic E-state index is 4.07. The highest BCUT2D eigenvalue weighted by Crippen LogP contribution is 2.20. The van der Waals surface area contributed by atoms with Gasteiger partial charge in [0.05, 0.1) is 22.9 Å². The van der Waals surface area contributed by atoms with E-state index in [0.29, 0.717) is 0 Å². The van der Waals surface area contributed by atoms with Gasteiger partial charge in [-0.2, -0.15) is 0 Å². The lowest BCUT2D eigenvalue weighted by Gasteiger charge is -2.03. The van der Waals surface area contributed by atoms with Gasteiger partial charge in [-0.25, -0.2) is 0 Å². The molecule has 0 radical (unpaired) electrons. The van der Waals surface area contributed by atoms with Gasteiger partial charge in [-0.3, -0.25) is 8.11 Å². The second-order valence-electron chi connectivity index (χ2n) is 1.44. The fourth-order valence-corrected chi connectivity index (χ4v) is 2.57. The Balaban J connectivity index is 2.55. The van der Waals surface area contributed by atoms with Gasteiger partial charge in [0.15, 0.2) is 5.17 Å². The molecule has 4 heteroatoms. The van der Waals surface area contributed by atoms with Gasteiger partial charge >= 0.3 is 0 Å². The van der Waals surface area contributed by atoms with Crippen LogP contribution in [-0.2, 0) is 0 Å². The molecule has 0 aliphatic carbocycles. The number of hydrogen-bond donors (Lipinski definition) is 0. The summed E-state index contributed by atoms with van der Waals surface area (Å²) in [5, 5.41) is 1.16. The summed E-state index contributed by atoms with van der Waals surface area (Å²) in [5.41, 5.74) is 0. The molecule has 0 bridgehead atoms. The molecular formula is C4H7IN2S. The summed E-state index contributed by atoms with van der Waals surface area (Å²) in [4.78, 5) is 4.07. The van der Waals surface area contributed by atoms with Gasteiger partial charge in [-0.1, -0.05) is 11.8 Å². The van der Waals surface area contributed by atoms with Crippen molar-refractivity contribution >= 4 is 39.8 Å². The standard InChI is InChI=1S/C4H7IN2S/c1-6-4-7(5)2-3-8-4/h2-3H2,1H3/b6-4-. The molecular weight excluding hydrogens is 235 g/mol. The van der Waals surface area contributed by atoms with E-state index in [-0.39, 0.29) is 0 Å². The number of rotatable bonds is 0. The second-order valence-corrected chi connectivity index (χ2v) is 3.67. The Morgan fingerprint density at radius 1 is 1.88 bits per heavy atom. The molecule has 1 rings (SSSR count). The summed E-state index contributed by atoms with van der Waals surface area (Å²) in [6.07, 6.45) is 0. The van der Waals surface area contributed by atoms with E-state index in [1.54, 1.807) is 0 Å². The molecule has 0 aromatic carbocycles. The van der Waals surface area contributed by atoms with Crippen LogP contribution in [0.1, 0.15) is 0 Å². The normalized spacial score (nSPS) is 25.2. The molecule has 1 fully saturated rings. The van der Waals surface area contributed by atoms with E-state index in [1.165, 1.54) is 5.75 Å². The first-order valence-electron chi connectivity index (χ1n) is 2.37.